The minimum Gasteiger partial charge on any atom is -0.389 e. The number of hydrogen-bond donors (Lipinski definition) is 1. The third kappa shape index (κ3) is 1.55. The van der Waals surface area contributed by atoms with Crippen LogP contribution in [0.4, 0.5) is 0 Å². The number of aliphatic hydroxyl groups is 1. The number of aliphatic hydroxyl groups excluding tert-OH is 1. The van der Waals surface area contributed by atoms with Crippen molar-refractivity contribution in [3.05, 3.63) is 16.1 Å². The molecule has 0 radical (unpaired) electrons. The Bertz CT molecular complexity index is 207. The van der Waals surface area contributed by atoms with Crippen LogP contribution in [0.15, 0.2) is 6.20 Å². The van der Waals surface area contributed by atoms with Gasteiger partial charge in [-0.3, -0.25) is 0 Å². The minimum atomic E-state index is 0.0669. The number of hydrogen-bond acceptors (Lipinski definition) is 3. The molecule has 0 aliphatic rings. The topological polar surface area (TPSA) is 33.1 Å². The number of thiazole rings is 1. The molecule has 0 bridgehead atoms. The molecule has 0 aliphatic heterocycles. The SMILES string of the molecule is CC(C)c1cnc(CO)s1. The predicted octanol–water partition coefficient (Wildman–Crippen LogP) is 1.76. The van der Waals surface area contributed by atoms with Crippen LogP contribution in [0.25, 0.3) is 0 Å². The first-order valence-electron chi connectivity index (χ1n) is 3.29. The van der Waals surface area contributed by atoms with Crippen molar-refractivity contribution in [2.24, 2.45) is 0 Å². The van der Waals surface area contributed by atoms with Gasteiger partial charge in [0.2, 0.25) is 0 Å². The zero-order valence-electron chi connectivity index (χ0n) is 6.16. The quantitative estimate of drug-likeness (QED) is 0.709. The van der Waals surface area contributed by atoms with Crippen LogP contribution >= 0.6 is 11.3 Å². The standard InChI is InChI=1S/C7H11NOS/c1-5(2)6-3-8-7(4-9)10-6/h3,5,9H,4H2,1-2H3. The molecule has 1 aromatic rings. The van der Waals surface area contributed by atoms with E-state index >= 15 is 0 Å². The molecule has 2 nitrogen and oxygen atoms in total. The van der Waals surface area contributed by atoms with Crippen LogP contribution in [0.2, 0.25) is 0 Å². The molecule has 10 heavy (non-hydrogen) atoms. The van der Waals surface area contributed by atoms with Crippen molar-refractivity contribution in [1.29, 1.82) is 0 Å². The van der Waals surface area contributed by atoms with E-state index in [9.17, 15) is 0 Å². The van der Waals surface area contributed by atoms with E-state index in [1.807, 2.05) is 6.20 Å². The van der Waals surface area contributed by atoms with Crippen molar-refractivity contribution in [2.45, 2.75) is 26.4 Å². The second kappa shape index (κ2) is 3.12. The fraction of sp³-hybridized carbons (Fsp3) is 0.571. The van der Waals surface area contributed by atoms with E-state index in [4.69, 9.17) is 5.11 Å². The van der Waals surface area contributed by atoms with Gasteiger partial charge in [-0.1, -0.05) is 13.8 Å². The molecule has 0 fully saturated rings. The average molecular weight is 157 g/mol. The first-order chi connectivity index (χ1) is 4.74. The maximum absolute atomic E-state index is 8.68. The smallest absolute Gasteiger partial charge is 0.118 e. The van der Waals surface area contributed by atoms with Crippen molar-refractivity contribution in [2.75, 3.05) is 0 Å². The van der Waals surface area contributed by atoms with Gasteiger partial charge in [0.25, 0.3) is 0 Å². The van der Waals surface area contributed by atoms with Crippen LogP contribution in [0.5, 0.6) is 0 Å². The number of aromatic nitrogens is 1. The molecule has 0 saturated heterocycles. The Balaban J connectivity index is 2.78. The van der Waals surface area contributed by atoms with E-state index in [0.29, 0.717) is 5.92 Å². The second-order valence-corrected chi connectivity index (χ2v) is 3.62. The molecule has 3 heteroatoms. The maximum Gasteiger partial charge on any atom is 0.118 e. The van der Waals surface area contributed by atoms with Gasteiger partial charge in [-0.05, 0) is 5.92 Å². The molecule has 1 rings (SSSR count). The van der Waals surface area contributed by atoms with Crippen LogP contribution in [0.1, 0.15) is 29.7 Å². The summed E-state index contributed by atoms with van der Waals surface area (Å²) in [5.41, 5.74) is 0. The highest BCUT2D eigenvalue weighted by atomic mass is 32.1. The molecule has 1 aromatic heterocycles. The highest BCUT2D eigenvalue weighted by Crippen LogP contribution is 2.21. The lowest BCUT2D eigenvalue weighted by molar-refractivity contribution is 0.281. The summed E-state index contributed by atoms with van der Waals surface area (Å²) < 4.78 is 0. The minimum absolute atomic E-state index is 0.0669. The number of nitrogens with zero attached hydrogens (tertiary/aromatic N) is 1. The van der Waals surface area contributed by atoms with Gasteiger partial charge in [0, 0.05) is 11.1 Å². The van der Waals surface area contributed by atoms with E-state index in [1.165, 1.54) is 4.88 Å². The summed E-state index contributed by atoms with van der Waals surface area (Å²) in [6, 6.07) is 0. The lowest BCUT2D eigenvalue weighted by Crippen LogP contribution is -1.77. The second-order valence-electron chi connectivity index (χ2n) is 2.47. The van der Waals surface area contributed by atoms with Crippen molar-refractivity contribution < 1.29 is 5.11 Å². The zero-order valence-corrected chi connectivity index (χ0v) is 6.98. The van der Waals surface area contributed by atoms with Crippen LogP contribution < -0.4 is 0 Å². The third-order valence-electron chi connectivity index (χ3n) is 1.28. The summed E-state index contributed by atoms with van der Waals surface area (Å²) >= 11 is 1.58. The highest BCUT2D eigenvalue weighted by Gasteiger charge is 2.03. The van der Waals surface area contributed by atoms with Crippen LogP contribution in [-0.2, 0) is 6.61 Å². The van der Waals surface area contributed by atoms with Gasteiger partial charge in [-0.25, -0.2) is 4.98 Å². The van der Waals surface area contributed by atoms with E-state index in [2.05, 4.69) is 18.8 Å². The molecule has 0 aromatic carbocycles. The Labute approximate surface area is 64.5 Å². The average Bonchev–Trinajstić information content (AvgIpc) is 2.34. The summed E-state index contributed by atoms with van der Waals surface area (Å²) in [4.78, 5) is 5.26. The zero-order chi connectivity index (χ0) is 7.56. The molecular weight excluding hydrogens is 146 g/mol. The molecule has 0 aliphatic carbocycles. The van der Waals surface area contributed by atoms with Gasteiger partial charge >= 0.3 is 0 Å². The van der Waals surface area contributed by atoms with E-state index in [-0.39, 0.29) is 6.61 Å². The highest BCUT2D eigenvalue weighted by molar-refractivity contribution is 7.11. The van der Waals surface area contributed by atoms with Crippen LogP contribution in [0.3, 0.4) is 0 Å². The molecule has 0 amide bonds. The molecule has 0 spiro atoms. The van der Waals surface area contributed by atoms with E-state index in [0.717, 1.165) is 5.01 Å². The molecule has 56 valence electrons. The van der Waals surface area contributed by atoms with Crippen LogP contribution in [0, 0.1) is 0 Å². The van der Waals surface area contributed by atoms with Gasteiger partial charge < -0.3 is 5.11 Å². The fourth-order valence-corrected chi connectivity index (χ4v) is 1.45. The monoisotopic (exact) mass is 157 g/mol. The summed E-state index contributed by atoms with van der Waals surface area (Å²) in [6.45, 7) is 4.31. The number of rotatable bonds is 2. The van der Waals surface area contributed by atoms with Crippen molar-refractivity contribution in [1.82, 2.24) is 4.98 Å². The largest absolute Gasteiger partial charge is 0.389 e. The lowest BCUT2D eigenvalue weighted by atomic mass is 10.2. The Morgan fingerprint density at radius 2 is 2.40 bits per heavy atom. The Hall–Kier alpha value is -0.410. The molecule has 1 N–H and O–H groups in total. The van der Waals surface area contributed by atoms with Crippen LogP contribution in [-0.4, -0.2) is 10.1 Å². The van der Waals surface area contributed by atoms with E-state index < -0.39 is 0 Å². The fourth-order valence-electron chi connectivity index (χ4n) is 0.664. The van der Waals surface area contributed by atoms with Crippen molar-refractivity contribution >= 4 is 11.3 Å². The maximum atomic E-state index is 8.68. The van der Waals surface area contributed by atoms with Gasteiger partial charge in [0.15, 0.2) is 0 Å². The molecule has 0 saturated carbocycles. The summed E-state index contributed by atoms with van der Waals surface area (Å²) in [7, 11) is 0. The summed E-state index contributed by atoms with van der Waals surface area (Å²) in [6.07, 6.45) is 1.83. The third-order valence-corrected chi connectivity index (χ3v) is 2.56. The first-order valence-corrected chi connectivity index (χ1v) is 4.11. The normalized spacial score (nSPS) is 10.8. The van der Waals surface area contributed by atoms with Gasteiger partial charge in [0.05, 0.1) is 6.61 Å². The van der Waals surface area contributed by atoms with Gasteiger partial charge in [0.1, 0.15) is 5.01 Å². The lowest BCUT2D eigenvalue weighted by Gasteiger charge is -1.95. The first kappa shape index (κ1) is 7.69. The summed E-state index contributed by atoms with van der Waals surface area (Å²) in [5.74, 6) is 0.526. The molecule has 0 atom stereocenters. The van der Waals surface area contributed by atoms with Crippen molar-refractivity contribution in [3.63, 3.8) is 0 Å². The molecule has 0 unspecified atom stereocenters. The molecular formula is C7H11NOS. The Morgan fingerprint density at radius 3 is 2.70 bits per heavy atom. The van der Waals surface area contributed by atoms with Gasteiger partial charge in [-0.2, -0.15) is 0 Å². The van der Waals surface area contributed by atoms with E-state index in [1.54, 1.807) is 11.3 Å². The van der Waals surface area contributed by atoms with Gasteiger partial charge in [-0.15, -0.1) is 11.3 Å². The predicted molar refractivity (Wildman–Crippen MR) is 42.1 cm³/mol. The Kier molecular flexibility index (Phi) is 2.40. The Morgan fingerprint density at radius 1 is 1.70 bits per heavy atom. The van der Waals surface area contributed by atoms with Crippen molar-refractivity contribution in [3.8, 4) is 0 Å². The summed E-state index contributed by atoms with van der Waals surface area (Å²) in [5, 5.41) is 9.49. The molecule has 1 heterocycles.